The van der Waals surface area contributed by atoms with Crippen molar-refractivity contribution in [1.82, 2.24) is 47.5 Å². The number of nitrogens with one attached hydrogen (secondary N) is 9. The summed E-state index contributed by atoms with van der Waals surface area (Å²) in [6.45, 7) is 9.51. The Labute approximate surface area is 496 Å². The van der Waals surface area contributed by atoms with Crippen LogP contribution in [0.1, 0.15) is 103 Å². The predicted molar refractivity (Wildman–Crippen MR) is 313 cm³/mol. The van der Waals surface area contributed by atoms with E-state index in [9.17, 15) is 72.9 Å². The summed E-state index contributed by atoms with van der Waals surface area (Å²) < 4.78 is 0. The first-order valence-electron chi connectivity index (χ1n) is 28.1. The minimum atomic E-state index is -1.74. The van der Waals surface area contributed by atoms with Gasteiger partial charge in [-0.3, -0.25) is 57.5 Å². The highest BCUT2D eigenvalue weighted by Crippen LogP contribution is 2.21. The normalized spacial score (nSPS) is 14.5. The summed E-state index contributed by atoms with van der Waals surface area (Å²) in [7, 11) is 0. The summed E-state index contributed by atoms with van der Waals surface area (Å²) in [5.41, 5.74) is 17.5. The third kappa shape index (κ3) is 22.3. The third-order valence-electron chi connectivity index (χ3n) is 14.0. The molecule has 4 aromatic rings. The van der Waals surface area contributed by atoms with Crippen LogP contribution in [-0.2, 0) is 76.8 Å². The van der Waals surface area contributed by atoms with Crippen LogP contribution in [-0.4, -0.2) is 145 Å². The summed E-state index contributed by atoms with van der Waals surface area (Å²) in [6.07, 6.45) is -1.50. The Morgan fingerprint density at radius 2 is 1.01 bits per heavy atom. The SMILES string of the molecule is CC[C@H](C)[C@H](NC(=O)[C@H](CCC(N)=O)NC(=O)[C@H](Cc1c[nH]c2ccccc12)NC(=O)[C@H](CC(=O)O)NC(=O)C(C)(C)N)C(=O)N[C@@H](Cc1ccc(O)cc1)C(=O)N[C@@H](Cc1ccccc1)C(=O)N[C@@H](CC(C)C)C(=O)N[C@@H](CCC(=O)O)C(N)=O. The topological polar surface area (TPSA) is 456 Å². The van der Waals surface area contributed by atoms with Gasteiger partial charge in [0.25, 0.3) is 0 Å². The summed E-state index contributed by atoms with van der Waals surface area (Å²) in [5.74, 6) is -13.2. The van der Waals surface area contributed by atoms with E-state index in [-0.39, 0.29) is 50.2 Å². The molecule has 3 aromatic carbocycles. The number of primary amides is 2. The van der Waals surface area contributed by atoms with Gasteiger partial charge in [-0.2, -0.15) is 0 Å². The second-order valence-corrected chi connectivity index (χ2v) is 22.2. The molecule has 18 N–H and O–H groups in total. The van der Waals surface area contributed by atoms with Gasteiger partial charge in [0.15, 0.2) is 0 Å². The van der Waals surface area contributed by atoms with E-state index in [4.69, 9.17) is 17.2 Å². The van der Waals surface area contributed by atoms with E-state index in [1.807, 2.05) is 0 Å². The standard InChI is InChI=1S/C59H80N12O15/c1-7-32(4)49(71-51(79)40(21-23-46(60)73)65-55(83)44(28-35-30-63-38-16-12-11-15-37(35)38)68-56(84)45(29-48(76)77)70-58(86)59(5,6)62)57(85)69-43(27-34-17-19-36(72)20-18-34)54(82)67-42(26-33-13-9-8-10-14-33)53(81)66-41(25-31(2)3)52(80)64-39(50(61)78)22-24-47(74)75/h8-20,30-32,39-45,49,63,72H,7,21-29,62H2,1-6H3,(H2,60,73)(H2,61,78)(H,64,80)(H,65,83)(H,66,81)(H,67,82)(H,68,84)(H,69,85)(H,70,86)(H,71,79)(H,74,75)(H,76,77)/t32-,39-,40-,41-,42-,43-,44-,45-,49-/m0/s1. The fourth-order valence-corrected chi connectivity index (χ4v) is 8.98. The van der Waals surface area contributed by atoms with Crippen LogP contribution in [0.15, 0.2) is 85.1 Å². The zero-order valence-corrected chi connectivity index (χ0v) is 48.9. The summed E-state index contributed by atoms with van der Waals surface area (Å²) in [6, 6.07) is 8.96. The maximum absolute atomic E-state index is 14.8. The molecule has 10 amide bonds. The van der Waals surface area contributed by atoms with Crippen molar-refractivity contribution in [3.05, 3.63) is 102 Å². The number of benzene rings is 3. The van der Waals surface area contributed by atoms with Gasteiger partial charge in [0.1, 0.15) is 54.1 Å². The number of phenolic OH excluding ortho intramolecular Hbond substituents is 1. The fraction of sp³-hybridized carbons (Fsp3) is 0.458. The molecule has 0 aliphatic heterocycles. The number of phenols is 1. The van der Waals surface area contributed by atoms with E-state index in [1.54, 1.807) is 88.5 Å². The molecular weight excluding hydrogens is 1120 g/mol. The molecule has 0 fully saturated rings. The van der Waals surface area contributed by atoms with Crippen molar-refractivity contribution in [1.29, 1.82) is 0 Å². The molecule has 0 bridgehead atoms. The first-order chi connectivity index (χ1) is 40.4. The summed E-state index contributed by atoms with van der Waals surface area (Å²) >= 11 is 0. The van der Waals surface area contributed by atoms with Gasteiger partial charge in [-0.1, -0.05) is 94.8 Å². The largest absolute Gasteiger partial charge is 0.508 e. The van der Waals surface area contributed by atoms with E-state index in [1.165, 1.54) is 38.1 Å². The lowest BCUT2D eigenvalue weighted by Crippen LogP contribution is -2.62. The number of amides is 10. The molecule has 27 heteroatoms. The smallest absolute Gasteiger partial charge is 0.305 e. The van der Waals surface area contributed by atoms with Crippen LogP contribution in [0.4, 0.5) is 0 Å². The highest BCUT2D eigenvalue weighted by molar-refractivity contribution is 6.00. The van der Waals surface area contributed by atoms with Crippen LogP contribution in [0.5, 0.6) is 5.75 Å². The van der Waals surface area contributed by atoms with E-state index in [0.717, 1.165) is 0 Å². The molecule has 0 radical (unpaired) electrons. The number of nitrogens with two attached hydrogens (primary N) is 3. The molecule has 0 spiro atoms. The number of carbonyl (C=O) groups excluding carboxylic acids is 10. The number of aromatic amines is 1. The van der Waals surface area contributed by atoms with Crippen molar-refractivity contribution < 1.29 is 72.9 Å². The second kappa shape index (κ2) is 32.6. The first-order valence-corrected chi connectivity index (χ1v) is 28.1. The molecule has 466 valence electrons. The minimum absolute atomic E-state index is 0.0235. The molecule has 1 aromatic heterocycles. The molecule has 9 atom stereocenters. The molecule has 0 saturated carbocycles. The fourth-order valence-electron chi connectivity index (χ4n) is 8.98. The quantitative estimate of drug-likeness (QED) is 0.0281. The molecule has 0 unspecified atom stereocenters. The molecule has 0 aliphatic carbocycles. The Balaban J connectivity index is 1.70. The maximum atomic E-state index is 14.8. The number of carbonyl (C=O) groups is 12. The van der Waals surface area contributed by atoms with Gasteiger partial charge in [-0.05, 0) is 79.8 Å². The Morgan fingerprint density at radius 3 is 1.55 bits per heavy atom. The van der Waals surface area contributed by atoms with Crippen LogP contribution >= 0.6 is 0 Å². The number of hydrogen-bond donors (Lipinski definition) is 15. The molecule has 1 heterocycles. The summed E-state index contributed by atoms with van der Waals surface area (Å²) in [4.78, 5) is 165. The lowest BCUT2D eigenvalue weighted by molar-refractivity contribution is -0.141. The third-order valence-corrected chi connectivity index (χ3v) is 14.0. The van der Waals surface area contributed by atoms with Gasteiger partial charge in [0, 0.05) is 49.2 Å². The Morgan fingerprint density at radius 1 is 0.535 bits per heavy atom. The van der Waals surface area contributed by atoms with Crippen molar-refractivity contribution in [2.75, 3.05) is 0 Å². The van der Waals surface area contributed by atoms with Crippen LogP contribution in [0.3, 0.4) is 0 Å². The van der Waals surface area contributed by atoms with Gasteiger partial charge in [-0.15, -0.1) is 0 Å². The van der Waals surface area contributed by atoms with Crippen LogP contribution in [0.2, 0.25) is 0 Å². The highest BCUT2D eigenvalue weighted by atomic mass is 16.4. The Kier molecular flexibility index (Phi) is 26.2. The number of aromatic nitrogens is 1. The van der Waals surface area contributed by atoms with Crippen molar-refractivity contribution in [2.24, 2.45) is 29.0 Å². The maximum Gasteiger partial charge on any atom is 0.305 e. The van der Waals surface area contributed by atoms with Crippen LogP contribution < -0.4 is 59.7 Å². The van der Waals surface area contributed by atoms with E-state index >= 15 is 0 Å². The van der Waals surface area contributed by atoms with Gasteiger partial charge in [0.05, 0.1) is 12.0 Å². The number of hydrogen-bond acceptors (Lipinski definition) is 14. The monoisotopic (exact) mass is 1200 g/mol. The molecule has 0 saturated heterocycles. The second-order valence-electron chi connectivity index (χ2n) is 22.2. The molecule has 27 nitrogen and oxygen atoms in total. The molecule has 0 aliphatic rings. The van der Waals surface area contributed by atoms with Crippen LogP contribution in [0, 0.1) is 11.8 Å². The molecular formula is C59H80N12O15. The Hall–Kier alpha value is -9.40. The van der Waals surface area contributed by atoms with Gasteiger partial charge >= 0.3 is 11.9 Å². The van der Waals surface area contributed by atoms with Crippen molar-refractivity contribution in [3.8, 4) is 5.75 Å². The number of para-hydroxylation sites is 1. The molecule has 86 heavy (non-hydrogen) atoms. The number of carboxylic acids is 2. The number of aromatic hydroxyl groups is 1. The number of H-pyrrole nitrogens is 1. The Bertz CT molecular complexity index is 3050. The van der Waals surface area contributed by atoms with Gasteiger partial charge in [0.2, 0.25) is 59.1 Å². The van der Waals surface area contributed by atoms with Crippen LogP contribution in [0.25, 0.3) is 10.9 Å². The highest BCUT2D eigenvalue weighted by Gasteiger charge is 2.38. The van der Waals surface area contributed by atoms with E-state index in [0.29, 0.717) is 27.6 Å². The lowest BCUT2D eigenvalue weighted by atomic mass is 9.96. The van der Waals surface area contributed by atoms with Gasteiger partial charge < -0.3 is 80.0 Å². The van der Waals surface area contributed by atoms with Crippen molar-refractivity contribution in [2.45, 2.75) is 160 Å². The number of fused-ring (bicyclic) bond motifs is 1. The molecule has 4 rings (SSSR count). The number of carboxylic acid groups (broad SMARTS) is 2. The number of rotatable bonds is 35. The minimum Gasteiger partial charge on any atom is -0.508 e. The van der Waals surface area contributed by atoms with E-state index in [2.05, 4.69) is 47.5 Å². The average Bonchev–Trinajstić information content (AvgIpc) is 2.38. The zero-order valence-electron chi connectivity index (χ0n) is 48.9. The van der Waals surface area contributed by atoms with E-state index < -0.39 is 156 Å². The van der Waals surface area contributed by atoms with Crippen molar-refractivity contribution in [3.63, 3.8) is 0 Å². The van der Waals surface area contributed by atoms with Crippen molar-refractivity contribution >= 4 is 81.9 Å². The zero-order chi connectivity index (χ0) is 64.0. The lowest BCUT2D eigenvalue weighted by Gasteiger charge is -2.30. The van der Waals surface area contributed by atoms with Gasteiger partial charge in [-0.25, -0.2) is 0 Å². The average molecular weight is 1200 g/mol. The number of aliphatic carboxylic acids is 2. The first kappa shape index (κ1) is 69.1. The predicted octanol–water partition coefficient (Wildman–Crippen LogP) is -0.300. The summed E-state index contributed by atoms with van der Waals surface area (Å²) in [5, 5.41) is 50.2.